The monoisotopic (exact) mass is 465 g/mol. The first-order valence-electron chi connectivity index (χ1n) is 9.13. The zero-order valence-electron chi connectivity index (χ0n) is 16.5. The Morgan fingerprint density at radius 1 is 1.34 bits per heavy atom. The van der Waals surface area contributed by atoms with E-state index in [2.05, 4.69) is 30.2 Å². The van der Waals surface area contributed by atoms with E-state index in [4.69, 9.17) is 14.5 Å². The van der Waals surface area contributed by atoms with Crippen molar-refractivity contribution < 1.29 is 32.8 Å². The second-order valence-electron chi connectivity index (χ2n) is 6.73. The number of phosphoric acid groups is 1. The van der Waals surface area contributed by atoms with Crippen LogP contribution in [0.3, 0.4) is 0 Å². The van der Waals surface area contributed by atoms with Crippen LogP contribution < -0.4 is 10.2 Å². The first-order valence-corrected chi connectivity index (χ1v) is 10.7. The highest BCUT2D eigenvalue weighted by atomic mass is 31.2. The number of amides is 1. The van der Waals surface area contributed by atoms with Crippen LogP contribution in [-0.4, -0.2) is 60.3 Å². The van der Waals surface area contributed by atoms with Crippen molar-refractivity contribution in [1.82, 2.24) is 25.2 Å². The standard InChI is InChI=1S/C17H17FN7O6P/c1-24-22-16(21-23-24)20-15-5-2-10(7-19-15)13-4-3-11(6-14(13)18)25-8-12(31-17(25)26)9-30-32(27,28)29/h2-7,12H,8-9H2,1H3,(H,19,20,22)(H2,27,28,29). The molecular formula is C17H17FN7O6P. The van der Waals surface area contributed by atoms with Crippen LogP contribution in [0.1, 0.15) is 0 Å². The molecule has 1 amide bonds. The Bertz CT molecular complexity index is 1180. The van der Waals surface area contributed by atoms with Crippen LogP contribution in [0.4, 0.5) is 26.6 Å². The number of nitrogens with one attached hydrogen (secondary N) is 1. The van der Waals surface area contributed by atoms with Gasteiger partial charge in [-0.15, -0.1) is 5.10 Å². The summed E-state index contributed by atoms with van der Waals surface area (Å²) in [6.07, 6.45) is -0.201. The summed E-state index contributed by atoms with van der Waals surface area (Å²) in [6.45, 7) is -0.529. The molecule has 4 rings (SSSR count). The number of cyclic esters (lactones) is 1. The summed E-state index contributed by atoms with van der Waals surface area (Å²) < 4.78 is 35.0. The molecule has 168 valence electrons. The molecule has 0 bridgehead atoms. The number of halogens is 1. The third-order valence-corrected chi connectivity index (χ3v) is 4.88. The molecule has 0 saturated carbocycles. The quantitative estimate of drug-likeness (QED) is 0.434. The van der Waals surface area contributed by atoms with Gasteiger partial charge in [-0.25, -0.2) is 18.7 Å². The molecule has 3 aromatic rings. The number of tetrazole rings is 1. The Hall–Kier alpha value is -3.45. The number of ether oxygens (including phenoxy) is 1. The molecule has 1 saturated heterocycles. The van der Waals surface area contributed by atoms with Gasteiger partial charge in [-0.3, -0.25) is 9.42 Å². The number of hydrogen-bond acceptors (Lipinski definition) is 9. The number of phosphoric ester groups is 1. The minimum Gasteiger partial charge on any atom is -0.441 e. The van der Waals surface area contributed by atoms with Crippen molar-refractivity contribution in [3.63, 3.8) is 0 Å². The molecule has 1 fully saturated rings. The van der Waals surface area contributed by atoms with Crippen LogP contribution in [0.5, 0.6) is 0 Å². The highest BCUT2D eigenvalue weighted by Crippen LogP contribution is 2.37. The van der Waals surface area contributed by atoms with E-state index in [0.717, 1.165) is 4.90 Å². The Balaban J connectivity index is 1.45. The minimum absolute atomic E-state index is 0.0457. The predicted octanol–water partition coefficient (Wildman–Crippen LogP) is 1.59. The summed E-state index contributed by atoms with van der Waals surface area (Å²) in [5, 5.41) is 14.3. The number of carbonyl (C=O) groups is 1. The van der Waals surface area contributed by atoms with Crippen LogP contribution in [0.15, 0.2) is 36.5 Å². The largest absolute Gasteiger partial charge is 0.469 e. The minimum atomic E-state index is -4.69. The van der Waals surface area contributed by atoms with Crippen LogP contribution in [-0.2, 0) is 20.9 Å². The van der Waals surface area contributed by atoms with E-state index in [0.29, 0.717) is 11.4 Å². The summed E-state index contributed by atoms with van der Waals surface area (Å²) in [4.78, 5) is 36.2. The van der Waals surface area contributed by atoms with Gasteiger partial charge in [0.05, 0.1) is 25.9 Å². The molecule has 0 spiro atoms. The molecule has 1 aliphatic rings. The van der Waals surface area contributed by atoms with E-state index in [1.54, 1.807) is 19.2 Å². The van der Waals surface area contributed by atoms with Gasteiger partial charge in [0.1, 0.15) is 17.7 Å². The first kappa shape index (κ1) is 21.8. The van der Waals surface area contributed by atoms with Gasteiger partial charge in [0, 0.05) is 17.3 Å². The van der Waals surface area contributed by atoms with Crippen LogP contribution in [0.2, 0.25) is 0 Å². The molecule has 1 aromatic carbocycles. The number of hydrogen-bond donors (Lipinski definition) is 3. The second-order valence-corrected chi connectivity index (χ2v) is 7.97. The summed E-state index contributed by atoms with van der Waals surface area (Å²) in [7, 11) is -3.07. The molecule has 2 aromatic heterocycles. The topological polar surface area (TPSA) is 165 Å². The zero-order chi connectivity index (χ0) is 22.9. The normalized spacial score (nSPS) is 16.3. The number of carbonyl (C=O) groups excluding carboxylic acids is 1. The van der Waals surface area contributed by atoms with Crippen molar-refractivity contribution in [1.29, 1.82) is 0 Å². The summed E-state index contributed by atoms with van der Waals surface area (Å²) in [5.41, 5.74) is 0.998. The third kappa shape index (κ3) is 5.06. The van der Waals surface area contributed by atoms with E-state index in [1.165, 1.54) is 29.2 Å². The van der Waals surface area contributed by atoms with Crippen molar-refractivity contribution in [2.75, 3.05) is 23.4 Å². The van der Waals surface area contributed by atoms with Gasteiger partial charge in [0.15, 0.2) is 0 Å². The number of benzene rings is 1. The highest BCUT2D eigenvalue weighted by Gasteiger charge is 2.34. The van der Waals surface area contributed by atoms with Crippen LogP contribution in [0.25, 0.3) is 11.1 Å². The average Bonchev–Trinajstić information content (AvgIpc) is 3.31. The molecule has 15 heteroatoms. The lowest BCUT2D eigenvalue weighted by Gasteiger charge is -2.14. The van der Waals surface area contributed by atoms with Gasteiger partial charge in [-0.1, -0.05) is 5.10 Å². The lowest BCUT2D eigenvalue weighted by atomic mass is 10.1. The van der Waals surface area contributed by atoms with E-state index >= 15 is 0 Å². The lowest BCUT2D eigenvalue weighted by Crippen LogP contribution is -2.25. The van der Waals surface area contributed by atoms with Crippen molar-refractivity contribution in [2.24, 2.45) is 7.05 Å². The lowest BCUT2D eigenvalue weighted by molar-refractivity contribution is 0.0880. The van der Waals surface area contributed by atoms with Crippen molar-refractivity contribution in [3.05, 3.63) is 42.3 Å². The number of pyridine rings is 1. The Kier molecular flexibility index (Phi) is 5.84. The van der Waals surface area contributed by atoms with Gasteiger partial charge < -0.3 is 19.8 Å². The van der Waals surface area contributed by atoms with Gasteiger partial charge in [-0.05, 0) is 35.5 Å². The summed E-state index contributed by atoms with van der Waals surface area (Å²) >= 11 is 0. The summed E-state index contributed by atoms with van der Waals surface area (Å²) in [6, 6.07) is 7.47. The van der Waals surface area contributed by atoms with Crippen LogP contribution in [0, 0.1) is 5.82 Å². The second kappa shape index (κ2) is 8.59. The Morgan fingerprint density at radius 2 is 2.16 bits per heavy atom. The number of rotatable bonds is 7. The highest BCUT2D eigenvalue weighted by molar-refractivity contribution is 7.46. The van der Waals surface area contributed by atoms with Gasteiger partial charge in [-0.2, -0.15) is 4.80 Å². The predicted molar refractivity (Wildman–Crippen MR) is 107 cm³/mol. The fraction of sp³-hybridized carbons (Fsp3) is 0.235. The fourth-order valence-corrected chi connectivity index (χ4v) is 3.34. The number of aromatic nitrogens is 5. The molecule has 0 aliphatic carbocycles. The third-order valence-electron chi connectivity index (χ3n) is 4.39. The van der Waals surface area contributed by atoms with E-state index in [1.807, 2.05) is 0 Å². The average molecular weight is 465 g/mol. The van der Waals surface area contributed by atoms with E-state index < -0.39 is 32.4 Å². The Morgan fingerprint density at radius 3 is 2.78 bits per heavy atom. The smallest absolute Gasteiger partial charge is 0.441 e. The van der Waals surface area contributed by atoms with Crippen molar-refractivity contribution >= 4 is 31.4 Å². The van der Waals surface area contributed by atoms with Crippen molar-refractivity contribution in [2.45, 2.75) is 6.10 Å². The SMILES string of the molecule is Cn1nnc(Nc2ccc(-c3ccc(N4CC(COP(=O)(O)O)OC4=O)cc3F)cn2)n1. The molecule has 3 heterocycles. The fourth-order valence-electron chi connectivity index (χ4n) is 2.98. The maximum atomic E-state index is 14.8. The van der Waals surface area contributed by atoms with Crippen LogP contribution >= 0.6 is 7.82 Å². The maximum absolute atomic E-state index is 14.8. The van der Waals surface area contributed by atoms with Gasteiger partial charge >= 0.3 is 13.9 Å². The van der Waals surface area contributed by atoms with Gasteiger partial charge in [0.25, 0.3) is 5.95 Å². The van der Waals surface area contributed by atoms with E-state index in [-0.39, 0.29) is 23.7 Å². The van der Waals surface area contributed by atoms with E-state index in [9.17, 15) is 13.8 Å². The molecule has 3 N–H and O–H groups in total. The molecule has 1 atom stereocenters. The molecule has 0 radical (unpaired) electrons. The molecule has 1 unspecified atom stereocenters. The Labute approximate surface area is 180 Å². The summed E-state index contributed by atoms with van der Waals surface area (Å²) in [5.74, 6) is 0.121. The number of nitrogens with zero attached hydrogens (tertiary/aromatic N) is 6. The molecular weight excluding hydrogens is 448 g/mol. The van der Waals surface area contributed by atoms with Crippen molar-refractivity contribution in [3.8, 4) is 11.1 Å². The molecule has 13 nitrogen and oxygen atoms in total. The van der Waals surface area contributed by atoms with Gasteiger partial charge in [0.2, 0.25) is 0 Å². The maximum Gasteiger partial charge on any atom is 0.469 e. The first-order chi connectivity index (χ1) is 15.2. The number of anilines is 3. The molecule has 1 aliphatic heterocycles. The molecule has 32 heavy (non-hydrogen) atoms. The number of aryl methyl sites for hydroxylation is 1. The zero-order valence-corrected chi connectivity index (χ0v) is 17.4.